The molecular formula is C10H14N2O3. The summed E-state index contributed by atoms with van der Waals surface area (Å²) in [5, 5.41) is 18.1. The van der Waals surface area contributed by atoms with Crippen molar-refractivity contribution in [3.63, 3.8) is 0 Å². The first-order valence-electron chi connectivity index (χ1n) is 4.53. The topological polar surface area (TPSA) is 110 Å². The Balaban J connectivity index is 2.70. The van der Waals surface area contributed by atoms with Crippen LogP contribution >= 0.6 is 0 Å². The minimum Gasteiger partial charge on any atom is -0.508 e. The quantitative estimate of drug-likeness (QED) is 0.544. The normalized spacial score (nSPS) is 14.5. The fourth-order valence-electron chi connectivity index (χ4n) is 1.25. The average Bonchev–Trinajstić information content (AvgIpc) is 2.20. The summed E-state index contributed by atoms with van der Waals surface area (Å²) < 4.78 is 0. The van der Waals surface area contributed by atoms with Crippen LogP contribution in [0.3, 0.4) is 0 Å². The molecule has 0 aromatic heterocycles. The average molecular weight is 210 g/mol. The maximum atomic E-state index is 10.5. The molecule has 0 aliphatic carbocycles. The van der Waals surface area contributed by atoms with Crippen molar-refractivity contribution in [1.82, 2.24) is 0 Å². The second kappa shape index (κ2) is 4.77. The van der Waals surface area contributed by atoms with Crippen molar-refractivity contribution in [2.45, 2.75) is 18.5 Å². The number of phenols is 1. The molecule has 2 unspecified atom stereocenters. The molecule has 1 aromatic rings. The van der Waals surface area contributed by atoms with Gasteiger partial charge in [0.25, 0.3) is 0 Å². The Hall–Kier alpha value is -1.59. The van der Waals surface area contributed by atoms with Gasteiger partial charge in [0.2, 0.25) is 0 Å². The molecule has 0 saturated carbocycles. The van der Waals surface area contributed by atoms with E-state index in [9.17, 15) is 9.90 Å². The summed E-state index contributed by atoms with van der Waals surface area (Å²) in [7, 11) is 0. The van der Waals surface area contributed by atoms with Gasteiger partial charge in [0.05, 0.1) is 0 Å². The molecule has 0 spiro atoms. The lowest BCUT2D eigenvalue weighted by molar-refractivity contribution is -0.139. The van der Waals surface area contributed by atoms with Crippen LogP contribution in [0.5, 0.6) is 5.75 Å². The number of benzene rings is 1. The van der Waals surface area contributed by atoms with Gasteiger partial charge in [0.15, 0.2) is 0 Å². The van der Waals surface area contributed by atoms with Gasteiger partial charge in [0.1, 0.15) is 11.8 Å². The largest absolute Gasteiger partial charge is 0.508 e. The van der Waals surface area contributed by atoms with Gasteiger partial charge in [-0.05, 0) is 18.1 Å². The zero-order valence-corrected chi connectivity index (χ0v) is 8.13. The molecule has 1 aromatic carbocycles. The third kappa shape index (κ3) is 2.93. The lowest BCUT2D eigenvalue weighted by Gasteiger charge is -2.16. The van der Waals surface area contributed by atoms with Gasteiger partial charge in [-0.15, -0.1) is 0 Å². The van der Waals surface area contributed by atoms with Crippen molar-refractivity contribution in [3.05, 3.63) is 29.8 Å². The Bertz CT molecular complexity index is 354. The summed E-state index contributed by atoms with van der Waals surface area (Å²) in [5.74, 6) is -1.04. The monoisotopic (exact) mass is 210 g/mol. The van der Waals surface area contributed by atoms with Crippen LogP contribution in [0.1, 0.15) is 5.56 Å². The van der Waals surface area contributed by atoms with Crippen LogP contribution in [-0.2, 0) is 11.2 Å². The maximum Gasteiger partial charge on any atom is 0.322 e. The standard InChI is InChI=1S/C10H14N2O3/c11-7(9(12)10(14)15)5-6-3-1-2-4-8(6)13/h1-4,7,9,13H,5,11-12H2,(H,14,15). The molecule has 6 N–H and O–H groups in total. The summed E-state index contributed by atoms with van der Waals surface area (Å²) in [6.07, 6.45) is 0.236. The van der Waals surface area contributed by atoms with Crippen molar-refractivity contribution in [2.75, 3.05) is 0 Å². The highest BCUT2D eigenvalue weighted by Crippen LogP contribution is 2.17. The fourth-order valence-corrected chi connectivity index (χ4v) is 1.25. The number of rotatable bonds is 4. The van der Waals surface area contributed by atoms with Crippen molar-refractivity contribution in [2.24, 2.45) is 11.5 Å². The number of aliphatic carboxylic acids is 1. The van der Waals surface area contributed by atoms with E-state index in [0.29, 0.717) is 5.56 Å². The SMILES string of the molecule is NC(Cc1ccccc1O)C(N)C(=O)O. The summed E-state index contributed by atoms with van der Waals surface area (Å²) in [6, 6.07) is 4.80. The minimum atomic E-state index is -1.14. The van der Waals surface area contributed by atoms with Crippen LogP contribution < -0.4 is 11.5 Å². The summed E-state index contributed by atoms with van der Waals surface area (Å²) in [5.41, 5.74) is 11.6. The highest BCUT2D eigenvalue weighted by Gasteiger charge is 2.21. The van der Waals surface area contributed by atoms with E-state index in [-0.39, 0.29) is 12.2 Å². The fraction of sp³-hybridized carbons (Fsp3) is 0.300. The number of hydrogen-bond donors (Lipinski definition) is 4. The molecule has 5 heteroatoms. The Kier molecular flexibility index (Phi) is 3.65. The predicted octanol–water partition coefficient (Wildman–Crippen LogP) is -0.326. The van der Waals surface area contributed by atoms with Gasteiger partial charge in [0, 0.05) is 6.04 Å². The summed E-state index contributed by atoms with van der Waals surface area (Å²) in [4.78, 5) is 10.5. The number of aromatic hydroxyl groups is 1. The molecule has 0 radical (unpaired) electrons. The zero-order chi connectivity index (χ0) is 11.4. The van der Waals surface area contributed by atoms with Gasteiger partial charge in [-0.2, -0.15) is 0 Å². The van der Waals surface area contributed by atoms with E-state index in [1.165, 1.54) is 6.07 Å². The lowest BCUT2D eigenvalue weighted by atomic mass is 10.0. The van der Waals surface area contributed by atoms with Crippen molar-refractivity contribution < 1.29 is 15.0 Å². The lowest BCUT2D eigenvalue weighted by Crippen LogP contribution is -2.48. The smallest absolute Gasteiger partial charge is 0.322 e. The van der Waals surface area contributed by atoms with Crippen LogP contribution in [0, 0.1) is 0 Å². The molecule has 0 aliphatic rings. The molecule has 0 heterocycles. The molecule has 0 saturated heterocycles. The van der Waals surface area contributed by atoms with Gasteiger partial charge < -0.3 is 21.7 Å². The number of phenolic OH excluding ortho intramolecular Hbond substituents is 1. The van der Waals surface area contributed by atoms with Gasteiger partial charge in [-0.3, -0.25) is 4.79 Å². The molecule has 0 bridgehead atoms. The molecule has 82 valence electrons. The number of carboxylic acid groups (broad SMARTS) is 1. The number of hydrogen-bond acceptors (Lipinski definition) is 4. The van der Waals surface area contributed by atoms with E-state index < -0.39 is 18.1 Å². The summed E-state index contributed by atoms with van der Waals surface area (Å²) in [6.45, 7) is 0. The number of para-hydroxylation sites is 1. The minimum absolute atomic E-state index is 0.102. The molecule has 0 fully saturated rings. The van der Waals surface area contributed by atoms with Crippen LogP contribution in [-0.4, -0.2) is 28.3 Å². The van der Waals surface area contributed by atoms with E-state index in [1.807, 2.05) is 0 Å². The van der Waals surface area contributed by atoms with Crippen LogP contribution in [0.2, 0.25) is 0 Å². The van der Waals surface area contributed by atoms with E-state index >= 15 is 0 Å². The van der Waals surface area contributed by atoms with Gasteiger partial charge >= 0.3 is 5.97 Å². The highest BCUT2D eigenvalue weighted by molar-refractivity contribution is 5.74. The predicted molar refractivity (Wildman–Crippen MR) is 55.4 cm³/mol. The van der Waals surface area contributed by atoms with E-state index in [1.54, 1.807) is 18.2 Å². The third-order valence-corrected chi connectivity index (χ3v) is 2.19. The Morgan fingerprint density at radius 1 is 1.33 bits per heavy atom. The van der Waals surface area contributed by atoms with Crippen molar-refractivity contribution in [3.8, 4) is 5.75 Å². The molecule has 0 aliphatic heterocycles. The molecule has 5 nitrogen and oxygen atoms in total. The van der Waals surface area contributed by atoms with Gasteiger partial charge in [-0.25, -0.2) is 0 Å². The molecule has 2 atom stereocenters. The van der Waals surface area contributed by atoms with Crippen molar-refractivity contribution in [1.29, 1.82) is 0 Å². The van der Waals surface area contributed by atoms with Gasteiger partial charge in [-0.1, -0.05) is 18.2 Å². The first kappa shape index (κ1) is 11.5. The number of nitrogens with two attached hydrogens (primary N) is 2. The van der Waals surface area contributed by atoms with Crippen LogP contribution in [0.4, 0.5) is 0 Å². The first-order valence-corrected chi connectivity index (χ1v) is 4.53. The Morgan fingerprint density at radius 2 is 1.93 bits per heavy atom. The maximum absolute atomic E-state index is 10.5. The Morgan fingerprint density at radius 3 is 2.47 bits per heavy atom. The zero-order valence-electron chi connectivity index (χ0n) is 8.13. The Labute approximate surface area is 87.3 Å². The molecule has 1 rings (SSSR count). The second-order valence-electron chi connectivity index (χ2n) is 3.36. The first-order chi connectivity index (χ1) is 7.02. The van der Waals surface area contributed by atoms with Crippen molar-refractivity contribution >= 4 is 5.97 Å². The number of carboxylic acids is 1. The van der Waals surface area contributed by atoms with E-state index in [0.717, 1.165) is 0 Å². The molecule has 0 amide bonds. The van der Waals surface area contributed by atoms with E-state index in [4.69, 9.17) is 16.6 Å². The third-order valence-electron chi connectivity index (χ3n) is 2.19. The van der Waals surface area contributed by atoms with Crippen LogP contribution in [0.25, 0.3) is 0 Å². The summed E-state index contributed by atoms with van der Waals surface area (Å²) >= 11 is 0. The highest BCUT2D eigenvalue weighted by atomic mass is 16.4. The van der Waals surface area contributed by atoms with E-state index in [2.05, 4.69) is 0 Å². The molecule has 15 heavy (non-hydrogen) atoms. The number of carbonyl (C=O) groups is 1. The second-order valence-corrected chi connectivity index (χ2v) is 3.36. The molecular weight excluding hydrogens is 196 g/mol. The van der Waals surface area contributed by atoms with Crippen LogP contribution in [0.15, 0.2) is 24.3 Å².